The predicted octanol–water partition coefficient (Wildman–Crippen LogP) is 4.26. The van der Waals surface area contributed by atoms with Gasteiger partial charge in [-0.25, -0.2) is 4.39 Å². The summed E-state index contributed by atoms with van der Waals surface area (Å²) in [5, 5.41) is 11.7. The van der Waals surface area contributed by atoms with Gasteiger partial charge in [-0.3, -0.25) is 4.79 Å². The highest BCUT2D eigenvalue weighted by molar-refractivity contribution is 5.92. The normalized spacial score (nSPS) is 11.9. The molecule has 2 aromatic rings. The number of nitrogens with zero attached hydrogens (tertiary/aromatic N) is 1. The molecular formula is C22H23FN2O3. The zero-order valence-electron chi connectivity index (χ0n) is 16.1. The molecule has 2 rings (SSSR count). The number of carbonyl (C=O) groups excluding carboxylic acids is 1. The van der Waals surface area contributed by atoms with E-state index in [1.807, 2.05) is 6.07 Å². The molecule has 0 radical (unpaired) electrons. The molecule has 0 spiro atoms. The number of methoxy groups -OCH3 is 1. The minimum atomic E-state index is -1.07. The van der Waals surface area contributed by atoms with E-state index in [4.69, 9.17) is 9.47 Å². The van der Waals surface area contributed by atoms with E-state index in [2.05, 4.69) is 19.2 Å². The number of carbonyl (C=O) groups is 1. The molecule has 1 amide bonds. The maximum absolute atomic E-state index is 13.8. The van der Waals surface area contributed by atoms with Crippen molar-refractivity contribution in [2.24, 2.45) is 5.92 Å². The second-order valence-electron chi connectivity index (χ2n) is 6.54. The summed E-state index contributed by atoms with van der Waals surface area (Å²) < 4.78 is 24.8. The Morgan fingerprint density at radius 3 is 2.64 bits per heavy atom. The molecule has 6 heteroatoms. The van der Waals surface area contributed by atoms with Crippen molar-refractivity contribution >= 4 is 12.0 Å². The van der Waals surface area contributed by atoms with Gasteiger partial charge in [0.15, 0.2) is 11.5 Å². The highest BCUT2D eigenvalue weighted by Crippen LogP contribution is 2.29. The molecule has 1 atom stereocenters. The molecule has 1 N–H and O–H groups in total. The minimum Gasteiger partial charge on any atom is -0.493 e. The fourth-order valence-corrected chi connectivity index (χ4v) is 2.41. The molecule has 0 saturated carbocycles. The van der Waals surface area contributed by atoms with Crippen LogP contribution in [0.3, 0.4) is 0 Å². The number of nitriles is 1. The number of hydrogen-bond donors (Lipinski definition) is 1. The third-order valence-electron chi connectivity index (χ3n) is 3.82. The Hall–Kier alpha value is -3.33. The lowest BCUT2D eigenvalue weighted by molar-refractivity contribution is -0.116. The van der Waals surface area contributed by atoms with Crippen LogP contribution in [0, 0.1) is 23.1 Å². The van der Waals surface area contributed by atoms with Crippen LogP contribution in [-0.4, -0.2) is 19.6 Å². The van der Waals surface area contributed by atoms with Crippen molar-refractivity contribution in [1.82, 2.24) is 5.32 Å². The quantitative estimate of drug-likeness (QED) is 0.693. The highest BCUT2D eigenvalue weighted by atomic mass is 19.1. The first kappa shape index (κ1) is 21.0. The molecular weight excluding hydrogens is 359 g/mol. The molecule has 28 heavy (non-hydrogen) atoms. The van der Waals surface area contributed by atoms with Gasteiger partial charge in [-0.1, -0.05) is 38.1 Å². The second kappa shape index (κ2) is 10.1. The highest BCUT2D eigenvalue weighted by Gasteiger charge is 2.16. The van der Waals surface area contributed by atoms with Crippen molar-refractivity contribution in [3.8, 4) is 17.6 Å². The number of ether oxygens (including phenoxy) is 2. The first-order valence-electron chi connectivity index (χ1n) is 8.88. The first-order valence-corrected chi connectivity index (χ1v) is 8.88. The van der Waals surface area contributed by atoms with E-state index < -0.39 is 17.8 Å². The molecule has 0 bridgehead atoms. The average Bonchev–Trinajstić information content (AvgIpc) is 2.69. The maximum Gasteiger partial charge on any atom is 0.245 e. The lowest BCUT2D eigenvalue weighted by Gasteiger charge is -2.13. The Labute approximate surface area is 164 Å². The van der Waals surface area contributed by atoms with E-state index in [0.717, 1.165) is 5.56 Å². The van der Waals surface area contributed by atoms with Gasteiger partial charge in [-0.05, 0) is 35.8 Å². The van der Waals surface area contributed by atoms with Crippen molar-refractivity contribution in [2.45, 2.75) is 19.9 Å². The van der Waals surface area contributed by atoms with Crippen LogP contribution in [0.15, 0.2) is 48.5 Å². The van der Waals surface area contributed by atoms with Crippen LogP contribution < -0.4 is 14.8 Å². The van der Waals surface area contributed by atoms with Gasteiger partial charge in [0.1, 0.15) is 11.9 Å². The van der Waals surface area contributed by atoms with Crippen molar-refractivity contribution in [2.75, 3.05) is 13.7 Å². The van der Waals surface area contributed by atoms with Gasteiger partial charge in [0.2, 0.25) is 5.91 Å². The molecule has 2 aromatic carbocycles. The molecule has 1 unspecified atom stereocenters. The maximum atomic E-state index is 13.8. The molecule has 0 aromatic heterocycles. The number of nitrogens with one attached hydrogen (secondary N) is 1. The zero-order valence-corrected chi connectivity index (χ0v) is 16.1. The molecule has 0 saturated heterocycles. The fourth-order valence-electron chi connectivity index (χ4n) is 2.41. The monoisotopic (exact) mass is 382 g/mol. The summed E-state index contributed by atoms with van der Waals surface area (Å²) in [7, 11) is 1.55. The third kappa shape index (κ3) is 5.85. The van der Waals surface area contributed by atoms with E-state index in [9.17, 15) is 14.4 Å². The summed E-state index contributed by atoms with van der Waals surface area (Å²) in [4.78, 5) is 12.1. The first-order chi connectivity index (χ1) is 13.4. The van der Waals surface area contributed by atoms with Gasteiger partial charge in [0.05, 0.1) is 19.8 Å². The number of benzene rings is 2. The predicted molar refractivity (Wildman–Crippen MR) is 105 cm³/mol. The molecule has 146 valence electrons. The van der Waals surface area contributed by atoms with Gasteiger partial charge >= 0.3 is 0 Å². The van der Waals surface area contributed by atoms with Gasteiger partial charge in [0.25, 0.3) is 0 Å². The lowest BCUT2D eigenvalue weighted by Crippen LogP contribution is -2.26. The molecule has 0 aliphatic heterocycles. The summed E-state index contributed by atoms with van der Waals surface area (Å²) in [6.07, 6.45) is 2.87. The second-order valence-corrected chi connectivity index (χ2v) is 6.54. The Kier molecular flexibility index (Phi) is 7.58. The largest absolute Gasteiger partial charge is 0.493 e. The third-order valence-corrected chi connectivity index (χ3v) is 3.82. The molecule has 0 aliphatic carbocycles. The molecule has 0 fully saturated rings. The molecule has 0 heterocycles. The Morgan fingerprint density at radius 1 is 1.25 bits per heavy atom. The van der Waals surface area contributed by atoms with Crippen molar-refractivity contribution in [1.29, 1.82) is 5.26 Å². The van der Waals surface area contributed by atoms with Crippen LogP contribution in [0.2, 0.25) is 0 Å². The topological polar surface area (TPSA) is 71.3 Å². The summed E-state index contributed by atoms with van der Waals surface area (Å²) in [5.74, 6) is 0.524. The average molecular weight is 382 g/mol. The van der Waals surface area contributed by atoms with Crippen LogP contribution in [0.1, 0.15) is 31.0 Å². The molecule has 5 nitrogen and oxygen atoms in total. The summed E-state index contributed by atoms with van der Waals surface area (Å²) >= 11 is 0. The van der Waals surface area contributed by atoms with Crippen LogP contribution >= 0.6 is 0 Å². The van der Waals surface area contributed by atoms with Crippen molar-refractivity contribution in [3.63, 3.8) is 0 Å². The lowest BCUT2D eigenvalue weighted by atomic mass is 10.1. The van der Waals surface area contributed by atoms with Crippen LogP contribution in [-0.2, 0) is 4.79 Å². The minimum absolute atomic E-state index is 0.125. The Morgan fingerprint density at radius 2 is 2.00 bits per heavy atom. The summed E-state index contributed by atoms with van der Waals surface area (Å²) in [5.41, 5.74) is 0.850. The van der Waals surface area contributed by atoms with E-state index in [0.29, 0.717) is 24.0 Å². The van der Waals surface area contributed by atoms with E-state index in [1.54, 1.807) is 37.5 Å². The van der Waals surface area contributed by atoms with Crippen molar-refractivity contribution < 1.29 is 18.7 Å². The summed E-state index contributed by atoms with van der Waals surface area (Å²) in [6, 6.07) is 12.0. The van der Waals surface area contributed by atoms with Crippen LogP contribution in [0.4, 0.5) is 4.39 Å². The van der Waals surface area contributed by atoms with Gasteiger partial charge < -0.3 is 14.8 Å². The number of hydrogen-bond acceptors (Lipinski definition) is 4. The Bertz CT molecular complexity index is 888. The van der Waals surface area contributed by atoms with Gasteiger partial charge in [-0.2, -0.15) is 5.26 Å². The standard InChI is InChI=1S/C22H23FN2O3/c1-15(2)14-28-20-10-8-16(12-21(20)27-3)9-11-22(26)25-19(13-24)17-6-4-5-7-18(17)23/h4-12,15,19H,14H2,1-3H3,(H,25,26)/b11-9+. The van der Waals surface area contributed by atoms with Crippen LogP contribution in [0.5, 0.6) is 11.5 Å². The van der Waals surface area contributed by atoms with Gasteiger partial charge in [0, 0.05) is 11.6 Å². The number of halogens is 1. The Balaban J connectivity index is 2.07. The van der Waals surface area contributed by atoms with Crippen LogP contribution in [0.25, 0.3) is 6.08 Å². The van der Waals surface area contributed by atoms with Gasteiger partial charge in [-0.15, -0.1) is 0 Å². The SMILES string of the molecule is COc1cc(/C=C/C(=O)NC(C#N)c2ccccc2F)ccc1OCC(C)C. The fraction of sp³-hybridized carbons (Fsp3) is 0.273. The zero-order chi connectivity index (χ0) is 20.5. The number of rotatable bonds is 8. The van der Waals surface area contributed by atoms with E-state index in [1.165, 1.54) is 24.3 Å². The van der Waals surface area contributed by atoms with E-state index in [-0.39, 0.29) is 5.56 Å². The smallest absolute Gasteiger partial charge is 0.245 e. The van der Waals surface area contributed by atoms with E-state index >= 15 is 0 Å². The van der Waals surface area contributed by atoms with Crippen molar-refractivity contribution in [3.05, 3.63) is 65.5 Å². The number of amides is 1. The molecule has 0 aliphatic rings. The summed E-state index contributed by atoms with van der Waals surface area (Å²) in [6.45, 7) is 4.68.